The average Bonchev–Trinajstić information content (AvgIpc) is 3.53. The molecule has 0 aliphatic rings. The van der Waals surface area contributed by atoms with Crippen LogP contribution in [0.25, 0.3) is 27.8 Å². The fourth-order valence-corrected chi connectivity index (χ4v) is 4.91. The van der Waals surface area contributed by atoms with Crippen LogP contribution < -0.4 is 0 Å². The summed E-state index contributed by atoms with van der Waals surface area (Å²) >= 11 is 0. The van der Waals surface area contributed by atoms with Gasteiger partial charge in [-0.15, -0.1) is 0 Å². The van der Waals surface area contributed by atoms with E-state index in [1.807, 2.05) is 19.3 Å². The summed E-state index contributed by atoms with van der Waals surface area (Å²) in [7, 11) is 0.632. The van der Waals surface area contributed by atoms with E-state index in [1.165, 1.54) is 12.3 Å². The lowest BCUT2D eigenvalue weighted by Crippen LogP contribution is -2.27. The highest BCUT2D eigenvalue weighted by molar-refractivity contribution is 6.76. The van der Waals surface area contributed by atoms with Gasteiger partial charge in [0.2, 0.25) is 0 Å². The number of fused-ring (bicyclic) bond motifs is 2. The zero-order chi connectivity index (χ0) is 25.7. The molecule has 5 aromatic rings. The maximum absolute atomic E-state index is 15.5. The Balaban J connectivity index is 1.47. The number of aromatic nitrogens is 7. The SMILES string of the molecule is Cn1cc(-c2ccc3ncc(C(C)(O)c4cc5cnn(COCC[Si](C)(C)C)c5cc4F)n3n2)cn1. The number of imidazole rings is 1. The molecule has 0 saturated heterocycles. The van der Waals surface area contributed by atoms with Crippen molar-refractivity contribution in [3.63, 3.8) is 0 Å². The van der Waals surface area contributed by atoms with E-state index in [1.54, 1.807) is 45.3 Å². The van der Waals surface area contributed by atoms with E-state index in [-0.39, 0.29) is 12.3 Å². The second-order valence-corrected chi connectivity index (χ2v) is 16.1. The Labute approximate surface area is 209 Å². The van der Waals surface area contributed by atoms with Gasteiger partial charge in [-0.05, 0) is 31.2 Å². The van der Waals surface area contributed by atoms with Gasteiger partial charge in [0.1, 0.15) is 18.1 Å². The second kappa shape index (κ2) is 8.91. The molecule has 1 N–H and O–H groups in total. The standard InChI is InChI=1S/C25H30FN7O2Si/c1-25(34,23-14-27-24-7-6-21(30-33(23)24)18-13-28-31(2)15-18)19-10-17-12-29-32(22(17)11-20(19)26)16-35-8-9-36(3,4)5/h6-7,10-15,34H,8-9,16H2,1-5H3. The smallest absolute Gasteiger partial charge is 0.153 e. The number of ether oxygens (including phenoxy) is 1. The highest BCUT2D eigenvalue weighted by atomic mass is 28.3. The molecule has 9 nitrogen and oxygen atoms in total. The van der Waals surface area contributed by atoms with Crippen LogP contribution in [-0.4, -0.2) is 53.9 Å². The summed E-state index contributed by atoms with van der Waals surface area (Å²) in [6.45, 7) is 9.32. The van der Waals surface area contributed by atoms with Gasteiger partial charge in [-0.1, -0.05) is 19.6 Å². The molecule has 36 heavy (non-hydrogen) atoms. The first-order chi connectivity index (χ1) is 17.0. The molecule has 0 bridgehead atoms. The van der Waals surface area contributed by atoms with E-state index in [0.717, 1.165) is 11.6 Å². The minimum Gasteiger partial charge on any atom is -0.379 e. The van der Waals surface area contributed by atoms with Crippen molar-refractivity contribution < 1.29 is 14.2 Å². The lowest BCUT2D eigenvalue weighted by molar-refractivity contribution is 0.0816. The molecule has 0 amide bonds. The number of hydrogen-bond donors (Lipinski definition) is 1. The van der Waals surface area contributed by atoms with Gasteiger partial charge in [-0.25, -0.2) is 18.6 Å². The summed E-state index contributed by atoms with van der Waals surface area (Å²) in [6, 6.07) is 7.71. The van der Waals surface area contributed by atoms with Crippen LogP contribution in [0.15, 0.2) is 49.1 Å². The van der Waals surface area contributed by atoms with Crippen LogP contribution in [-0.2, 0) is 24.1 Å². The van der Waals surface area contributed by atoms with Crippen LogP contribution in [0.2, 0.25) is 25.7 Å². The Bertz CT molecular complexity index is 1550. The molecule has 1 aromatic carbocycles. The molecule has 0 spiro atoms. The van der Waals surface area contributed by atoms with Gasteiger partial charge in [-0.2, -0.15) is 15.3 Å². The first-order valence-electron chi connectivity index (χ1n) is 11.8. The predicted octanol–water partition coefficient (Wildman–Crippen LogP) is 4.19. The molecule has 0 saturated carbocycles. The molecule has 0 aliphatic carbocycles. The molecule has 1 atom stereocenters. The van der Waals surface area contributed by atoms with Crippen LogP contribution >= 0.6 is 0 Å². The van der Waals surface area contributed by atoms with Crippen molar-refractivity contribution in [3.05, 3.63) is 66.1 Å². The first-order valence-corrected chi connectivity index (χ1v) is 15.5. The molecule has 0 fully saturated rings. The van der Waals surface area contributed by atoms with Crippen molar-refractivity contribution in [1.29, 1.82) is 0 Å². The van der Waals surface area contributed by atoms with Crippen LogP contribution in [0.4, 0.5) is 4.39 Å². The van der Waals surface area contributed by atoms with Gasteiger partial charge in [0.15, 0.2) is 5.65 Å². The number of nitrogens with zero attached hydrogens (tertiary/aromatic N) is 7. The van der Waals surface area contributed by atoms with Gasteiger partial charge in [0.05, 0.1) is 35.5 Å². The molecular weight excluding hydrogens is 477 g/mol. The number of rotatable bonds is 8. The molecule has 11 heteroatoms. The van der Waals surface area contributed by atoms with Crippen molar-refractivity contribution in [2.45, 2.75) is 44.9 Å². The Kier molecular flexibility index (Phi) is 6.01. The molecule has 1 unspecified atom stereocenters. The van der Waals surface area contributed by atoms with Crippen LogP contribution in [0, 0.1) is 5.82 Å². The van der Waals surface area contributed by atoms with Gasteiger partial charge >= 0.3 is 0 Å². The van der Waals surface area contributed by atoms with E-state index in [2.05, 4.69) is 39.9 Å². The molecule has 5 rings (SSSR count). The van der Waals surface area contributed by atoms with Crippen LogP contribution in [0.3, 0.4) is 0 Å². The van der Waals surface area contributed by atoms with E-state index >= 15 is 4.39 Å². The minimum atomic E-state index is -1.70. The number of halogens is 1. The Morgan fingerprint density at radius 1 is 1.11 bits per heavy atom. The summed E-state index contributed by atoms with van der Waals surface area (Å²) < 4.78 is 26.1. The summed E-state index contributed by atoms with van der Waals surface area (Å²) in [4.78, 5) is 4.37. The number of aryl methyl sites for hydroxylation is 1. The fourth-order valence-electron chi connectivity index (χ4n) is 4.16. The monoisotopic (exact) mass is 507 g/mol. The minimum absolute atomic E-state index is 0.115. The molecular formula is C25H30FN7O2Si. The lowest BCUT2D eigenvalue weighted by atomic mass is 9.91. The zero-order valence-corrected chi connectivity index (χ0v) is 22.1. The third-order valence-electron chi connectivity index (χ3n) is 6.33. The molecule has 188 valence electrons. The van der Waals surface area contributed by atoms with Crippen molar-refractivity contribution in [2.24, 2.45) is 7.05 Å². The van der Waals surface area contributed by atoms with Crippen molar-refractivity contribution in [1.82, 2.24) is 34.2 Å². The van der Waals surface area contributed by atoms with E-state index < -0.39 is 19.5 Å². The third kappa shape index (κ3) is 4.56. The van der Waals surface area contributed by atoms with E-state index in [9.17, 15) is 5.11 Å². The highest BCUT2D eigenvalue weighted by Crippen LogP contribution is 2.34. The molecule has 4 aromatic heterocycles. The van der Waals surface area contributed by atoms with Gasteiger partial charge in [0, 0.05) is 50.5 Å². The summed E-state index contributed by atoms with van der Waals surface area (Å²) in [6.07, 6.45) is 6.74. The van der Waals surface area contributed by atoms with Crippen LogP contribution in [0.5, 0.6) is 0 Å². The predicted molar refractivity (Wildman–Crippen MR) is 138 cm³/mol. The van der Waals surface area contributed by atoms with Gasteiger partial charge < -0.3 is 9.84 Å². The molecule has 0 aliphatic heterocycles. The normalized spacial score (nSPS) is 14.1. The van der Waals surface area contributed by atoms with Gasteiger partial charge in [0.25, 0.3) is 0 Å². The first kappa shape index (κ1) is 24.3. The number of hydrogen-bond acceptors (Lipinski definition) is 6. The van der Waals surface area contributed by atoms with E-state index in [0.29, 0.717) is 34.5 Å². The maximum atomic E-state index is 15.5. The quantitative estimate of drug-likeness (QED) is 0.250. The summed E-state index contributed by atoms with van der Waals surface area (Å²) in [5, 5.41) is 25.5. The summed E-state index contributed by atoms with van der Waals surface area (Å²) in [5.41, 5.74) is 1.41. The Morgan fingerprint density at radius 3 is 2.64 bits per heavy atom. The Hall–Kier alpha value is -3.41. The lowest BCUT2D eigenvalue weighted by Gasteiger charge is -2.24. The number of aliphatic hydroxyl groups is 1. The average molecular weight is 508 g/mol. The largest absolute Gasteiger partial charge is 0.379 e. The number of benzene rings is 1. The van der Waals surface area contributed by atoms with Crippen LogP contribution in [0.1, 0.15) is 18.2 Å². The maximum Gasteiger partial charge on any atom is 0.153 e. The second-order valence-electron chi connectivity index (χ2n) is 10.5. The highest BCUT2D eigenvalue weighted by Gasteiger charge is 2.33. The zero-order valence-electron chi connectivity index (χ0n) is 21.1. The fraction of sp³-hybridized carbons (Fsp3) is 0.360. The Morgan fingerprint density at radius 2 is 1.92 bits per heavy atom. The topological polar surface area (TPSA) is 95.3 Å². The summed E-state index contributed by atoms with van der Waals surface area (Å²) in [5.74, 6) is -0.547. The van der Waals surface area contributed by atoms with Crippen molar-refractivity contribution in [2.75, 3.05) is 6.61 Å². The molecule has 4 heterocycles. The van der Waals surface area contributed by atoms with Crippen molar-refractivity contribution in [3.8, 4) is 11.3 Å². The van der Waals surface area contributed by atoms with E-state index in [4.69, 9.17) is 4.74 Å². The molecule has 0 radical (unpaired) electrons. The third-order valence-corrected chi connectivity index (χ3v) is 8.03. The van der Waals surface area contributed by atoms with Crippen molar-refractivity contribution >= 4 is 24.6 Å². The van der Waals surface area contributed by atoms with Gasteiger partial charge in [-0.3, -0.25) is 4.68 Å².